The highest BCUT2D eigenvalue weighted by Gasteiger charge is 2.50. The number of benzene rings is 2. The molecule has 2 N–H and O–H groups in total. The molecule has 2 atom stereocenters. The molecule has 5 rings (SSSR count). The first kappa shape index (κ1) is 28.8. The lowest BCUT2D eigenvalue weighted by molar-refractivity contribution is -0.141. The van der Waals surface area contributed by atoms with E-state index in [1.54, 1.807) is 0 Å². The number of thioether (sulfide) groups is 1. The fourth-order valence-electron chi connectivity index (χ4n) is 4.86. The van der Waals surface area contributed by atoms with Crippen molar-refractivity contribution in [2.24, 2.45) is 10.7 Å². The van der Waals surface area contributed by atoms with Gasteiger partial charge in [0.25, 0.3) is 8.32 Å². The molecule has 0 bridgehead atoms. The van der Waals surface area contributed by atoms with Crippen LogP contribution in [0.25, 0.3) is 10.7 Å². The van der Waals surface area contributed by atoms with Crippen LogP contribution in [0.5, 0.6) is 0 Å². The van der Waals surface area contributed by atoms with Crippen LogP contribution in [0.15, 0.2) is 76.4 Å². The van der Waals surface area contributed by atoms with Crippen molar-refractivity contribution in [2.75, 3.05) is 19.5 Å². The number of carbonyl (C=O) groups excluding carboxylic acids is 1. The van der Waals surface area contributed by atoms with Crippen LogP contribution >= 0.6 is 34.4 Å². The van der Waals surface area contributed by atoms with Crippen molar-refractivity contribution in [1.29, 1.82) is 0 Å². The van der Waals surface area contributed by atoms with Gasteiger partial charge in [-0.2, -0.15) is 0 Å². The third kappa shape index (κ3) is 5.72. The molecule has 11 heteroatoms. The summed E-state index contributed by atoms with van der Waals surface area (Å²) in [7, 11) is -1.31. The number of rotatable bonds is 9. The Kier molecular flexibility index (Phi) is 8.69. The topological polar surface area (TPSA) is 99.7 Å². The number of nitrogens with two attached hydrogens (primary N) is 1. The van der Waals surface area contributed by atoms with Crippen molar-refractivity contribution in [2.45, 2.75) is 37.9 Å². The van der Waals surface area contributed by atoms with Crippen LogP contribution in [0, 0.1) is 0 Å². The number of esters is 1. The number of aromatic nitrogens is 2. The number of thiazole rings is 2. The summed E-state index contributed by atoms with van der Waals surface area (Å²) in [5, 5.41) is 8.60. The maximum Gasteiger partial charge on any atom is 0.331 e. The fraction of sp³-hybridized carbons (Fsp3) is 0.310. The summed E-state index contributed by atoms with van der Waals surface area (Å²) in [5.41, 5.74) is 8.25. The van der Waals surface area contributed by atoms with E-state index >= 15 is 0 Å². The first-order valence-electron chi connectivity index (χ1n) is 12.9. The molecule has 2 aromatic heterocycles. The first-order valence-corrected chi connectivity index (χ1v) is 17.6. The standard InChI is InChI=1S/C29H32N4O3S3Si/c1-29(2,3)40(19-11-7-5-8-12-19,20-13-9-6-10-14-20)36-15-21(30)25-31-22(16-37-25)26-32-23(17-38-26)27-33-24(18-39-27)28(34)35-4/h5-14,16-17,21,24H,15,18,30H2,1-4H3/t21-,24-/m0/s1. The van der Waals surface area contributed by atoms with E-state index in [1.807, 2.05) is 22.9 Å². The Labute approximate surface area is 248 Å². The molecule has 1 aliphatic heterocycles. The maximum absolute atomic E-state index is 11.8. The van der Waals surface area contributed by atoms with Crippen LogP contribution in [0.1, 0.15) is 37.5 Å². The molecule has 208 valence electrons. The summed E-state index contributed by atoms with van der Waals surface area (Å²) in [6.07, 6.45) is 0. The Balaban J connectivity index is 1.36. The molecule has 1 aliphatic rings. The molecule has 0 aliphatic carbocycles. The predicted octanol–water partition coefficient (Wildman–Crippen LogP) is 4.88. The third-order valence-corrected chi connectivity index (χ3v) is 14.7. The molecular weight excluding hydrogens is 577 g/mol. The molecule has 3 heterocycles. The predicted molar refractivity (Wildman–Crippen MR) is 169 cm³/mol. The molecule has 0 saturated heterocycles. The molecule has 4 aromatic rings. The molecule has 0 spiro atoms. The molecule has 0 amide bonds. The fourth-order valence-corrected chi connectivity index (χ4v) is 12.1. The van der Waals surface area contributed by atoms with E-state index in [9.17, 15) is 4.79 Å². The van der Waals surface area contributed by atoms with Gasteiger partial charge in [0.05, 0.1) is 19.8 Å². The average molecular weight is 609 g/mol. The second kappa shape index (κ2) is 12.1. The number of carbonyl (C=O) groups is 1. The monoisotopic (exact) mass is 608 g/mol. The Morgan fingerprint density at radius 2 is 1.62 bits per heavy atom. The van der Waals surface area contributed by atoms with Crippen LogP contribution in [0.2, 0.25) is 5.04 Å². The number of ether oxygens (including phenoxy) is 1. The van der Waals surface area contributed by atoms with E-state index in [-0.39, 0.29) is 17.0 Å². The van der Waals surface area contributed by atoms with Gasteiger partial charge >= 0.3 is 5.97 Å². The number of nitrogens with zero attached hydrogens (tertiary/aromatic N) is 3. The van der Waals surface area contributed by atoms with Crippen molar-refractivity contribution in [1.82, 2.24) is 9.97 Å². The highest BCUT2D eigenvalue weighted by atomic mass is 32.2. The van der Waals surface area contributed by atoms with E-state index in [0.717, 1.165) is 26.4 Å². The lowest BCUT2D eigenvalue weighted by Crippen LogP contribution is -2.67. The Morgan fingerprint density at radius 1 is 1.00 bits per heavy atom. The summed E-state index contributed by atoms with van der Waals surface area (Å²) >= 11 is 4.54. The second-order valence-electron chi connectivity index (χ2n) is 10.5. The minimum atomic E-state index is -2.69. The SMILES string of the molecule is COC(=O)[C@@H]1CSC(c2csc(-c3csc([C@@H](N)CO[Si](c4ccccc4)(c4ccccc4)C(C)(C)C)n3)n2)=N1. The summed E-state index contributed by atoms with van der Waals surface area (Å²) in [6, 6.07) is 20.3. The molecule has 0 saturated carbocycles. The van der Waals surface area contributed by atoms with Gasteiger partial charge in [0.15, 0.2) is 6.04 Å². The van der Waals surface area contributed by atoms with Crippen LogP contribution in [-0.4, -0.2) is 54.8 Å². The van der Waals surface area contributed by atoms with E-state index < -0.39 is 14.4 Å². The molecule has 0 radical (unpaired) electrons. The summed E-state index contributed by atoms with van der Waals surface area (Å²) in [6.45, 7) is 7.12. The number of aliphatic imine (C=N–C) groups is 1. The number of methoxy groups -OCH3 is 1. The van der Waals surface area contributed by atoms with Crippen molar-refractivity contribution in [3.05, 3.63) is 82.1 Å². The van der Waals surface area contributed by atoms with Gasteiger partial charge in [-0.1, -0.05) is 81.4 Å². The molecule has 0 unspecified atom stereocenters. The largest absolute Gasteiger partial charge is 0.467 e. The van der Waals surface area contributed by atoms with Gasteiger partial charge in [-0.3, -0.25) is 4.99 Å². The minimum absolute atomic E-state index is 0.130. The van der Waals surface area contributed by atoms with Gasteiger partial charge in [-0.15, -0.1) is 34.4 Å². The van der Waals surface area contributed by atoms with E-state index in [0.29, 0.717) is 12.4 Å². The zero-order chi connectivity index (χ0) is 28.3. The van der Waals surface area contributed by atoms with E-state index in [4.69, 9.17) is 24.9 Å². The quantitative estimate of drug-likeness (QED) is 0.214. The first-order chi connectivity index (χ1) is 19.2. The molecule has 2 aromatic carbocycles. The lowest BCUT2D eigenvalue weighted by Gasteiger charge is -2.43. The lowest BCUT2D eigenvalue weighted by atomic mass is 10.2. The Bertz CT molecular complexity index is 1450. The van der Waals surface area contributed by atoms with Crippen LogP contribution in [0.4, 0.5) is 0 Å². The summed E-state index contributed by atoms with van der Waals surface area (Å²) in [5.74, 6) is 0.243. The molecule has 40 heavy (non-hydrogen) atoms. The molecule has 0 fully saturated rings. The smallest absolute Gasteiger partial charge is 0.331 e. The maximum atomic E-state index is 11.8. The van der Waals surface area contributed by atoms with Crippen molar-refractivity contribution in [3.8, 4) is 10.7 Å². The highest BCUT2D eigenvalue weighted by Crippen LogP contribution is 2.38. The van der Waals surface area contributed by atoms with Crippen molar-refractivity contribution >= 4 is 64.1 Å². The second-order valence-corrected chi connectivity index (χ2v) is 17.5. The zero-order valence-corrected chi connectivity index (χ0v) is 26.3. The normalized spacial score (nSPS) is 16.5. The van der Waals surface area contributed by atoms with Gasteiger partial charge in [-0.05, 0) is 15.4 Å². The van der Waals surface area contributed by atoms with Crippen LogP contribution < -0.4 is 16.1 Å². The van der Waals surface area contributed by atoms with Crippen molar-refractivity contribution < 1.29 is 14.0 Å². The average Bonchev–Trinajstić information content (AvgIpc) is 3.74. The number of hydrogen-bond acceptors (Lipinski definition) is 10. The van der Waals surface area contributed by atoms with Crippen LogP contribution in [-0.2, 0) is 14.0 Å². The van der Waals surface area contributed by atoms with Gasteiger partial charge in [-0.25, -0.2) is 14.8 Å². The van der Waals surface area contributed by atoms with Gasteiger partial charge in [0.2, 0.25) is 0 Å². The van der Waals surface area contributed by atoms with Gasteiger partial charge in [0, 0.05) is 16.5 Å². The van der Waals surface area contributed by atoms with E-state index in [2.05, 4.69) is 74.3 Å². The van der Waals surface area contributed by atoms with Gasteiger partial charge in [0.1, 0.15) is 26.4 Å². The molecule has 7 nitrogen and oxygen atoms in total. The molecular formula is C29H32N4O3S3Si. The summed E-state index contributed by atoms with van der Waals surface area (Å²) < 4.78 is 11.8. The zero-order valence-electron chi connectivity index (χ0n) is 22.9. The third-order valence-electron chi connectivity index (χ3n) is 6.80. The van der Waals surface area contributed by atoms with Crippen LogP contribution in [0.3, 0.4) is 0 Å². The number of hydrogen-bond donors (Lipinski definition) is 1. The Morgan fingerprint density at radius 3 is 2.23 bits per heavy atom. The highest BCUT2D eigenvalue weighted by molar-refractivity contribution is 8.14. The van der Waals surface area contributed by atoms with Gasteiger partial charge < -0.3 is 14.9 Å². The Hall–Kier alpha value is -2.67. The van der Waals surface area contributed by atoms with E-state index in [1.165, 1.54) is 51.9 Å². The minimum Gasteiger partial charge on any atom is -0.467 e. The summed E-state index contributed by atoms with van der Waals surface area (Å²) in [4.78, 5) is 25.9. The van der Waals surface area contributed by atoms with Crippen molar-refractivity contribution in [3.63, 3.8) is 0 Å².